The van der Waals surface area contributed by atoms with E-state index in [9.17, 15) is 14.9 Å². The first-order valence-corrected chi connectivity index (χ1v) is 5.54. The van der Waals surface area contributed by atoms with Crippen molar-refractivity contribution in [2.45, 2.75) is 19.9 Å². The maximum Gasteiger partial charge on any atom is 0.325 e. The molecule has 0 N–H and O–H groups in total. The van der Waals surface area contributed by atoms with Crippen LogP contribution in [-0.2, 0) is 9.53 Å². The molecule has 0 saturated heterocycles. The summed E-state index contributed by atoms with van der Waals surface area (Å²) in [5.41, 5.74) is 0.401. The summed E-state index contributed by atoms with van der Waals surface area (Å²) in [6, 6.07) is 6.29. The predicted molar refractivity (Wildman–Crippen MR) is 67.6 cm³/mol. The number of hydrogen-bond acceptors (Lipinski definition) is 5. The van der Waals surface area contributed by atoms with Gasteiger partial charge in [0, 0.05) is 12.1 Å². The normalized spacial score (nSPS) is 10.2. The van der Waals surface area contributed by atoms with Crippen LogP contribution in [0.3, 0.4) is 0 Å². The fourth-order valence-electron chi connectivity index (χ4n) is 1.61. The Morgan fingerprint density at radius 1 is 1.44 bits per heavy atom. The lowest BCUT2D eigenvalue weighted by Crippen LogP contribution is -2.36. The molecule has 6 nitrogen and oxygen atoms in total. The van der Waals surface area contributed by atoms with Crippen LogP contribution in [0.5, 0.6) is 0 Å². The second-order valence-corrected chi connectivity index (χ2v) is 4.04. The molecular formula is C12H16N2O4. The third kappa shape index (κ3) is 3.19. The summed E-state index contributed by atoms with van der Waals surface area (Å²) < 4.78 is 4.60. The molecule has 0 heterocycles. The van der Waals surface area contributed by atoms with Gasteiger partial charge >= 0.3 is 5.97 Å². The Morgan fingerprint density at radius 3 is 2.56 bits per heavy atom. The highest BCUT2D eigenvalue weighted by Gasteiger charge is 2.22. The van der Waals surface area contributed by atoms with Gasteiger partial charge in [0.25, 0.3) is 5.69 Å². The topological polar surface area (TPSA) is 72.7 Å². The quantitative estimate of drug-likeness (QED) is 0.455. The van der Waals surface area contributed by atoms with Gasteiger partial charge in [-0.05, 0) is 19.9 Å². The maximum absolute atomic E-state index is 11.3. The van der Waals surface area contributed by atoms with Crippen molar-refractivity contribution >= 4 is 17.3 Å². The number of carbonyl (C=O) groups is 1. The van der Waals surface area contributed by atoms with Crippen molar-refractivity contribution in [1.82, 2.24) is 0 Å². The molecule has 1 rings (SSSR count). The van der Waals surface area contributed by atoms with Crippen LogP contribution in [0.4, 0.5) is 11.4 Å². The minimum Gasteiger partial charge on any atom is -0.468 e. The molecule has 0 radical (unpaired) electrons. The van der Waals surface area contributed by atoms with E-state index in [1.165, 1.54) is 13.2 Å². The number of hydrogen-bond donors (Lipinski definition) is 0. The SMILES string of the molecule is COC(=O)CN(c1ccccc1[N+](=O)[O-])C(C)C. The summed E-state index contributed by atoms with van der Waals surface area (Å²) >= 11 is 0. The van der Waals surface area contributed by atoms with Gasteiger partial charge in [-0.25, -0.2) is 0 Å². The van der Waals surface area contributed by atoms with Crippen LogP contribution in [0.2, 0.25) is 0 Å². The van der Waals surface area contributed by atoms with E-state index in [2.05, 4.69) is 4.74 Å². The van der Waals surface area contributed by atoms with Gasteiger partial charge in [-0.15, -0.1) is 0 Å². The fraction of sp³-hybridized carbons (Fsp3) is 0.417. The Labute approximate surface area is 105 Å². The van der Waals surface area contributed by atoms with Gasteiger partial charge in [0.1, 0.15) is 12.2 Å². The average Bonchev–Trinajstić information content (AvgIpc) is 2.35. The summed E-state index contributed by atoms with van der Waals surface area (Å²) in [5, 5.41) is 11.0. The number of para-hydroxylation sites is 2. The summed E-state index contributed by atoms with van der Waals surface area (Å²) in [7, 11) is 1.29. The van der Waals surface area contributed by atoms with E-state index < -0.39 is 10.9 Å². The Balaban J connectivity index is 3.13. The van der Waals surface area contributed by atoms with E-state index in [4.69, 9.17) is 0 Å². The minimum atomic E-state index is -0.456. The van der Waals surface area contributed by atoms with Crippen LogP contribution in [0, 0.1) is 10.1 Å². The molecule has 0 unspecified atom stereocenters. The first-order chi connectivity index (χ1) is 8.47. The third-order valence-corrected chi connectivity index (χ3v) is 2.54. The summed E-state index contributed by atoms with van der Waals surface area (Å²) in [4.78, 5) is 23.5. The molecule has 6 heteroatoms. The highest BCUT2D eigenvalue weighted by atomic mass is 16.6. The lowest BCUT2D eigenvalue weighted by Gasteiger charge is -2.27. The largest absolute Gasteiger partial charge is 0.468 e. The Bertz CT molecular complexity index is 445. The highest BCUT2D eigenvalue weighted by Crippen LogP contribution is 2.28. The zero-order valence-electron chi connectivity index (χ0n) is 10.6. The molecule has 0 aliphatic heterocycles. The van der Waals surface area contributed by atoms with Crippen molar-refractivity contribution in [2.75, 3.05) is 18.6 Å². The molecule has 0 aliphatic carbocycles. The second-order valence-electron chi connectivity index (χ2n) is 4.04. The molecule has 1 aromatic rings. The molecule has 18 heavy (non-hydrogen) atoms. The number of nitro groups is 1. The van der Waals surface area contributed by atoms with Gasteiger partial charge in [-0.1, -0.05) is 12.1 Å². The summed E-state index contributed by atoms with van der Waals surface area (Å²) in [6.07, 6.45) is 0. The van der Waals surface area contributed by atoms with Gasteiger partial charge < -0.3 is 9.64 Å². The number of methoxy groups -OCH3 is 1. The zero-order chi connectivity index (χ0) is 13.7. The van der Waals surface area contributed by atoms with Crippen LogP contribution >= 0.6 is 0 Å². The van der Waals surface area contributed by atoms with E-state index in [1.54, 1.807) is 23.1 Å². The number of ether oxygens (including phenoxy) is 1. The third-order valence-electron chi connectivity index (χ3n) is 2.54. The van der Waals surface area contributed by atoms with Crippen molar-refractivity contribution in [3.05, 3.63) is 34.4 Å². The molecule has 0 atom stereocenters. The van der Waals surface area contributed by atoms with E-state index >= 15 is 0 Å². The van der Waals surface area contributed by atoms with Crippen LogP contribution in [-0.4, -0.2) is 30.6 Å². The number of nitrogens with zero attached hydrogens (tertiary/aromatic N) is 2. The highest BCUT2D eigenvalue weighted by molar-refractivity contribution is 5.78. The van der Waals surface area contributed by atoms with E-state index in [1.807, 2.05) is 13.8 Å². The lowest BCUT2D eigenvalue weighted by molar-refractivity contribution is -0.384. The molecular weight excluding hydrogens is 236 g/mol. The van der Waals surface area contributed by atoms with E-state index in [-0.39, 0.29) is 18.3 Å². The molecule has 0 amide bonds. The van der Waals surface area contributed by atoms with Crippen molar-refractivity contribution in [3.8, 4) is 0 Å². The molecule has 0 bridgehead atoms. The molecule has 0 aromatic heterocycles. The van der Waals surface area contributed by atoms with Gasteiger partial charge in [-0.3, -0.25) is 14.9 Å². The average molecular weight is 252 g/mol. The number of carbonyl (C=O) groups excluding carboxylic acids is 1. The molecule has 1 aromatic carbocycles. The fourth-order valence-corrected chi connectivity index (χ4v) is 1.61. The monoisotopic (exact) mass is 252 g/mol. The van der Waals surface area contributed by atoms with Gasteiger partial charge in [0.05, 0.1) is 12.0 Å². The van der Waals surface area contributed by atoms with Crippen LogP contribution in [0.1, 0.15) is 13.8 Å². The van der Waals surface area contributed by atoms with Gasteiger partial charge in [0.15, 0.2) is 0 Å². The standard InChI is InChI=1S/C12H16N2O4/c1-9(2)13(8-12(15)18-3)10-6-4-5-7-11(10)14(16)17/h4-7,9H,8H2,1-3H3. The van der Waals surface area contributed by atoms with Crippen LogP contribution in [0.15, 0.2) is 24.3 Å². The Kier molecular flexibility index (Phi) is 4.65. The molecule has 0 spiro atoms. The van der Waals surface area contributed by atoms with E-state index in [0.717, 1.165) is 0 Å². The second kappa shape index (κ2) is 6.00. The number of esters is 1. The molecule has 98 valence electrons. The van der Waals surface area contributed by atoms with Crippen LogP contribution < -0.4 is 4.90 Å². The van der Waals surface area contributed by atoms with Crippen molar-refractivity contribution < 1.29 is 14.5 Å². The summed E-state index contributed by atoms with van der Waals surface area (Å²) in [6.45, 7) is 3.71. The predicted octanol–water partition coefficient (Wildman–Crippen LogP) is 1.98. The zero-order valence-corrected chi connectivity index (χ0v) is 10.6. The molecule has 0 fully saturated rings. The van der Waals surface area contributed by atoms with Crippen molar-refractivity contribution in [2.24, 2.45) is 0 Å². The number of anilines is 1. The van der Waals surface area contributed by atoms with Gasteiger partial charge in [0.2, 0.25) is 0 Å². The molecule has 0 aliphatic rings. The lowest BCUT2D eigenvalue weighted by atomic mass is 10.2. The number of nitro benzene ring substituents is 1. The first-order valence-electron chi connectivity index (χ1n) is 5.54. The van der Waals surface area contributed by atoms with Crippen LogP contribution in [0.25, 0.3) is 0 Å². The van der Waals surface area contributed by atoms with Gasteiger partial charge in [-0.2, -0.15) is 0 Å². The Hall–Kier alpha value is -2.11. The summed E-state index contributed by atoms with van der Waals surface area (Å²) in [5.74, 6) is -0.429. The number of rotatable bonds is 5. The Morgan fingerprint density at radius 2 is 2.06 bits per heavy atom. The van der Waals surface area contributed by atoms with E-state index in [0.29, 0.717) is 5.69 Å². The molecule has 0 saturated carbocycles. The smallest absolute Gasteiger partial charge is 0.325 e. The minimum absolute atomic E-state index is 0.0149. The first kappa shape index (κ1) is 14.0. The van der Waals surface area contributed by atoms with Crippen molar-refractivity contribution in [3.63, 3.8) is 0 Å². The van der Waals surface area contributed by atoms with Crippen molar-refractivity contribution in [1.29, 1.82) is 0 Å². The maximum atomic E-state index is 11.3. The number of benzene rings is 1.